The molecule has 0 saturated heterocycles. The van der Waals surface area contributed by atoms with E-state index in [1.165, 1.54) is 250 Å². The Labute approximate surface area is 411 Å². The zero-order valence-corrected chi connectivity index (χ0v) is 43.8. The van der Waals surface area contributed by atoms with Gasteiger partial charge in [0.25, 0.3) is 0 Å². The fourth-order valence-electron chi connectivity index (χ4n) is 7.92. The first kappa shape index (κ1) is 67.3. The van der Waals surface area contributed by atoms with Crippen molar-refractivity contribution in [3.8, 4) is 0 Å². The van der Waals surface area contributed by atoms with Crippen molar-refractivity contribution in [2.24, 2.45) is 0 Å². The molecule has 0 aromatic rings. The summed E-state index contributed by atoms with van der Waals surface area (Å²) in [5.74, 6) is -2.71. The van der Waals surface area contributed by atoms with E-state index in [-0.39, 0.29) is 57.0 Å². The normalized spacial score (nSPS) is 10.7. The van der Waals surface area contributed by atoms with Gasteiger partial charge in [-0.3, -0.25) is 0 Å². The van der Waals surface area contributed by atoms with E-state index in [1.807, 2.05) is 0 Å². The molecule has 0 radical (unpaired) electrons. The molecule has 0 spiro atoms. The van der Waals surface area contributed by atoms with Gasteiger partial charge in [0.05, 0.1) is 0 Å². The van der Waals surface area contributed by atoms with Crippen LogP contribution >= 0.6 is 0 Å². The Morgan fingerprint density at radius 1 is 0.213 bits per heavy atom. The van der Waals surface area contributed by atoms with Crippen LogP contribution in [-0.2, 0) is 14.4 Å². The van der Waals surface area contributed by atoms with Crippen LogP contribution in [0.5, 0.6) is 0 Å². The molecule has 0 atom stereocenters. The molecule has 0 amide bonds. The molecule has 0 saturated carbocycles. The molecule has 0 aliphatic rings. The fraction of sp³-hybridized carbons (Fsp3) is 0.944. The summed E-state index contributed by atoms with van der Waals surface area (Å²) in [5.41, 5.74) is 0. The van der Waals surface area contributed by atoms with E-state index >= 15 is 0 Å². The molecular weight excluding hydrogens is 785 g/mol. The molecule has 7 heteroatoms. The molecule has 0 aromatic carbocycles. The summed E-state index contributed by atoms with van der Waals surface area (Å²) in [6.07, 6.45) is 59.6. The molecule has 61 heavy (non-hydrogen) atoms. The molecular formula is C54H105CaO6-. The van der Waals surface area contributed by atoms with Crippen LogP contribution in [-0.4, -0.2) is 55.6 Å². The van der Waals surface area contributed by atoms with Crippen LogP contribution in [0.25, 0.3) is 0 Å². The second-order valence-electron chi connectivity index (χ2n) is 18.2. The number of hydrogen-bond donors (Lipinski definition) is 0. The van der Waals surface area contributed by atoms with Gasteiger partial charge in [-0.2, -0.15) is 0 Å². The van der Waals surface area contributed by atoms with Crippen LogP contribution in [0.3, 0.4) is 0 Å². The molecule has 0 aromatic heterocycles. The molecule has 6 nitrogen and oxygen atoms in total. The summed E-state index contributed by atoms with van der Waals surface area (Å²) in [6, 6.07) is 0. The van der Waals surface area contributed by atoms with Gasteiger partial charge in [0.1, 0.15) is 0 Å². The first-order chi connectivity index (χ1) is 29.3. The summed E-state index contributed by atoms with van der Waals surface area (Å²) in [6.45, 7) is 6.80. The van der Waals surface area contributed by atoms with Crippen molar-refractivity contribution in [1.29, 1.82) is 0 Å². The van der Waals surface area contributed by atoms with Crippen LogP contribution in [0.4, 0.5) is 0 Å². The topological polar surface area (TPSA) is 120 Å². The molecule has 0 heterocycles. The van der Waals surface area contributed by atoms with E-state index in [1.54, 1.807) is 0 Å². The number of hydrogen-bond acceptors (Lipinski definition) is 6. The molecule has 360 valence electrons. The van der Waals surface area contributed by atoms with E-state index in [4.69, 9.17) is 0 Å². The van der Waals surface area contributed by atoms with E-state index in [2.05, 4.69) is 20.8 Å². The van der Waals surface area contributed by atoms with Gasteiger partial charge in [0, 0.05) is 17.9 Å². The van der Waals surface area contributed by atoms with Crippen molar-refractivity contribution >= 4 is 55.6 Å². The van der Waals surface area contributed by atoms with E-state index in [9.17, 15) is 29.7 Å². The number of aliphatic carboxylic acids is 3. The molecule has 0 fully saturated rings. The van der Waals surface area contributed by atoms with Gasteiger partial charge in [-0.25, -0.2) is 0 Å². The van der Waals surface area contributed by atoms with E-state index in [0.717, 1.165) is 38.5 Å². The molecule has 0 aliphatic carbocycles. The average Bonchev–Trinajstić information content (AvgIpc) is 3.22. The second kappa shape index (κ2) is 64.0. The standard InChI is InChI=1S/3C18H36O2.Ca/c3*1-2-3-4-5-6-7-8-9-10-11-12-13-14-15-16-17-18(19)20;/h3*2-17H2,1H3,(H,19,20);/q;;;+2/p-3. The minimum atomic E-state index is -0.903. The van der Waals surface area contributed by atoms with Gasteiger partial charge < -0.3 is 29.7 Å². The third-order valence-electron chi connectivity index (χ3n) is 12.0. The third-order valence-corrected chi connectivity index (χ3v) is 12.0. The molecule has 0 unspecified atom stereocenters. The third kappa shape index (κ3) is 77.3. The monoisotopic (exact) mass is 890 g/mol. The second-order valence-corrected chi connectivity index (χ2v) is 18.2. The van der Waals surface area contributed by atoms with Crippen molar-refractivity contribution in [1.82, 2.24) is 0 Å². The van der Waals surface area contributed by atoms with Crippen LogP contribution in [0, 0.1) is 0 Å². The zero-order chi connectivity index (χ0) is 44.7. The summed E-state index contributed by atoms with van der Waals surface area (Å²) in [7, 11) is 0. The van der Waals surface area contributed by atoms with E-state index in [0.29, 0.717) is 0 Å². The Morgan fingerprint density at radius 2 is 0.311 bits per heavy atom. The molecule has 0 rings (SSSR count). The van der Waals surface area contributed by atoms with Gasteiger partial charge in [0.2, 0.25) is 0 Å². The maximum Gasteiger partial charge on any atom is 2.00 e. The Hall–Kier alpha value is -0.330. The van der Waals surface area contributed by atoms with Crippen molar-refractivity contribution in [2.75, 3.05) is 0 Å². The maximum absolute atomic E-state index is 10.2. The van der Waals surface area contributed by atoms with Gasteiger partial charge >= 0.3 is 37.7 Å². The number of rotatable bonds is 48. The van der Waals surface area contributed by atoms with Crippen LogP contribution in [0.15, 0.2) is 0 Å². The molecule has 0 aliphatic heterocycles. The van der Waals surface area contributed by atoms with Gasteiger partial charge in [-0.05, 0) is 38.5 Å². The largest absolute Gasteiger partial charge is 2.00 e. The SMILES string of the molecule is CCCCCCCCCCCCCCCCCC(=O)[O-].CCCCCCCCCCCCCCCCCC(=O)[O-].CCCCCCCCCCCCCCCCCC(=O)[O-].[Ca+2]. The van der Waals surface area contributed by atoms with Crippen molar-refractivity contribution < 1.29 is 29.7 Å². The predicted octanol–water partition coefficient (Wildman–Crippen LogP) is 14.6. The number of carboxylic acids is 3. The first-order valence-electron chi connectivity index (χ1n) is 26.9. The van der Waals surface area contributed by atoms with Gasteiger partial charge in [-0.15, -0.1) is 0 Å². The number of unbranched alkanes of at least 4 members (excludes halogenated alkanes) is 42. The number of carboxylic acid groups (broad SMARTS) is 3. The minimum Gasteiger partial charge on any atom is -0.550 e. The minimum absolute atomic E-state index is 0. The van der Waals surface area contributed by atoms with E-state index < -0.39 is 17.9 Å². The Kier molecular flexibility index (Phi) is 70.5. The van der Waals surface area contributed by atoms with Crippen molar-refractivity contribution in [2.45, 2.75) is 329 Å². The van der Waals surface area contributed by atoms with Crippen LogP contribution in [0.2, 0.25) is 0 Å². The van der Waals surface area contributed by atoms with Crippen LogP contribution < -0.4 is 15.3 Å². The Bertz CT molecular complexity index is 717. The predicted molar refractivity (Wildman–Crippen MR) is 259 cm³/mol. The average molecular weight is 891 g/mol. The van der Waals surface area contributed by atoms with Gasteiger partial charge in [0.15, 0.2) is 0 Å². The fourth-order valence-corrected chi connectivity index (χ4v) is 7.92. The number of carbonyl (C=O) groups is 3. The smallest absolute Gasteiger partial charge is 0.550 e. The Balaban J connectivity index is -0.000000396. The summed E-state index contributed by atoms with van der Waals surface area (Å²) in [4.78, 5) is 30.7. The number of carbonyl (C=O) groups excluding carboxylic acids is 3. The quantitative estimate of drug-likeness (QED) is 0.0443. The summed E-state index contributed by atoms with van der Waals surface area (Å²) in [5, 5.41) is 30.7. The van der Waals surface area contributed by atoms with Crippen molar-refractivity contribution in [3.05, 3.63) is 0 Å². The summed E-state index contributed by atoms with van der Waals surface area (Å²) < 4.78 is 0. The molecule has 0 N–H and O–H groups in total. The zero-order valence-electron chi connectivity index (χ0n) is 41.6. The Morgan fingerprint density at radius 3 is 0.410 bits per heavy atom. The van der Waals surface area contributed by atoms with Crippen LogP contribution in [0.1, 0.15) is 329 Å². The van der Waals surface area contributed by atoms with Crippen molar-refractivity contribution in [3.63, 3.8) is 0 Å². The van der Waals surface area contributed by atoms with Gasteiger partial charge in [-0.1, -0.05) is 290 Å². The first-order valence-corrected chi connectivity index (χ1v) is 26.9. The maximum atomic E-state index is 10.2. The summed E-state index contributed by atoms with van der Waals surface area (Å²) >= 11 is 0. The molecule has 0 bridgehead atoms.